The molecular formula is C18H38IN5. The van der Waals surface area contributed by atoms with Crippen LogP contribution in [0.2, 0.25) is 0 Å². The van der Waals surface area contributed by atoms with Crippen LogP contribution in [-0.2, 0) is 0 Å². The standard InChI is InChI=1S/C18H37N5.HI/c1-16(2)23-12-7-8-17(15-23)14-21-18(19-3)20-9-13-22-10-5-4-6-11-22;/h16-17H,4-15H2,1-3H3,(H2,19,20,21);1H. The Hall–Kier alpha value is -0.0800. The molecule has 1 unspecified atom stereocenters. The maximum atomic E-state index is 4.37. The molecule has 0 saturated carbocycles. The zero-order valence-electron chi connectivity index (χ0n) is 15.9. The van der Waals surface area contributed by atoms with Gasteiger partial charge in [-0.1, -0.05) is 6.42 Å². The Morgan fingerprint density at radius 3 is 2.50 bits per heavy atom. The number of likely N-dealkylation sites (tertiary alicyclic amines) is 2. The number of halogens is 1. The quantitative estimate of drug-likeness (QED) is 0.370. The molecule has 6 heteroatoms. The van der Waals surface area contributed by atoms with Gasteiger partial charge in [-0.15, -0.1) is 24.0 Å². The molecule has 0 amide bonds. The first-order chi connectivity index (χ1) is 11.2. The molecule has 0 radical (unpaired) electrons. The fraction of sp³-hybridized carbons (Fsp3) is 0.944. The Bertz CT molecular complexity index is 355. The third-order valence-electron chi connectivity index (χ3n) is 5.23. The molecule has 2 aliphatic rings. The van der Waals surface area contributed by atoms with Gasteiger partial charge in [-0.2, -0.15) is 0 Å². The van der Waals surface area contributed by atoms with E-state index >= 15 is 0 Å². The van der Waals surface area contributed by atoms with Crippen LogP contribution in [-0.4, -0.2) is 74.7 Å². The molecule has 2 N–H and O–H groups in total. The Morgan fingerprint density at radius 1 is 1.08 bits per heavy atom. The lowest BCUT2D eigenvalue weighted by atomic mass is 9.97. The fourth-order valence-corrected chi connectivity index (χ4v) is 3.71. The van der Waals surface area contributed by atoms with Gasteiger partial charge in [0, 0.05) is 39.3 Å². The van der Waals surface area contributed by atoms with Crippen LogP contribution >= 0.6 is 24.0 Å². The molecule has 2 rings (SSSR count). The van der Waals surface area contributed by atoms with Crippen molar-refractivity contribution in [1.82, 2.24) is 20.4 Å². The molecular weight excluding hydrogens is 413 g/mol. The first-order valence-electron chi connectivity index (χ1n) is 9.60. The summed E-state index contributed by atoms with van der Waals surface area (Å²) in [6.07, 6.45) is 6.79. The van der Waals surface area contributed by atoms with Crippen LogP contribution in [0, 0.1) is 5.92 Å². The summed E-state index contributed by atoms with van der Waals surface area (Å²) >= 11 is 0. The maximum Gasteiger partial charge on any atom is 0.191 e. The third kappa shape index (κ3) is 7.87. The van der Waals surface area contributed by atoms with Crippen molar-refractivity contribution in [1.29, 1.82) is 0 Å². The van der Waals surface area contributed by atoms with Gasteiger partial charge in [0.2, 0.25) is 0 Å². The van der Waals surface area contributed by atoms with Crippen molar-refractivity contribution >= 4 is 29.9 Å². The second-order valence-electron chi connectivity index (χ2n) is 7.38. The van der Waals surface area contributed by atoms with Gasteiger partial charge in [0.25, 0.3) is 0 Å². The Balaban J connectivity index is 0.00000288. The largest absolute Gasteiger partial charge is 0.356 e. The first-order valence-corrected chi connectivity index (χ1v) is 9.60. The minimum absolute atomic E-state index is 0. The van der Waals surface area contributed by atoms with Gasteiger partial charge in [0.1, 0.15) is 0 Å². The summed E-state index contributed by atoms with van der Waals surface area (Å²) in [5.41, 5.74) is 0. The molecule has 24 heavy (non-hydrogen) atoms. The molecule has 0 spiro atoms. The lowest BCUT2D eigenvalue weighted by Gasteiger charge is -2.35. The van der Waals surface area contributed by atoms with E-state index in [1.165, 1.54) is 58.3 Å². The van der Waals surface area contributed by atoms with Gasteiger partial charge in [-0.05, 0) is 65.1 Å². The summed E-state index contributed by atoms with van der Waals surface area (Å²) < 4.78 is 0. The molecule has 0 aliphatic carbocycles. The zero-order chi connectivity index (χ0) is 16.5. The van der Waals surface area contributed by atoms with Gasteiger partial charge in [-0.25, -0.2) is 0 Å². The normalized spacial score (nSPS) is 23.8. The minimum Gasteiger partial charge on any atom is -0.356 e. The van der Waals surface area contributed by atoms with Crippen molar-refractivity contribution in [3.8, 4) is 0 Å². The van der Waals surface area contributed by atoms with Crippen LogP contribution in [0.25, 0.3) is 0 Å². The fourth-order valence-electron chi connectivity index (χ4n) is 3.71. The van der Waals surface area contributed by atoms with Gasteiger partial charge in [0.15, 0.2) is 5.96 Å². The van der Waals surface area contributed by atoms with E-state index in [2.05, 4.69) is 39.3 Å². The minimum atomic E-state index is 0. The van der Waals surface area contributed by atoms with E-state index in [1.54, 1.807) is 0 Å². The Morgan fingerprint density at radius 2 is 1.83 bits per heavy atom. The summed E-state index contributed by atoms with van der Waals surface area (Å²) in [5, 5.41) is 7.00. The van der Waals surface area contributed by atoms with E-state index in [-0.39, 0.29) is 24.0 Å². The van der Waals surface area contributed by atoms with Crippen LogP contribution in [0.4, 0.5) is 0 Å². The number of nitrogens with zero attached hydrogens (tertiary/aromatic N) is 3. The predicted molar refractivity (Wildman–Crippen MR) is 115 cm³/mol. The molecule has 5 nitrogen and oxygen atoms in total. The monoisotopic (exact) mass is 451 g/mol. The summed E-state index contributed by atoms with van der Waals surface area (Å²) in [6.45, 7) is 12.8. The molecule has 0 aromatic rings. The van der Waals surface area contributed by atoms with Crippen molar-refractivity contribution in [3.05, 3.63) is 0 Å². The van der Waals surface area contributed by atoms with Gasteiger partial charge in [-0.3, -0.25) is 4.99 Å². The van der Waals surface area contributed by atoms with E-state index in [4.69, 9.17) is 0 Å². The highest BCUT2D eigenvalue weighted by atomic mass is 127. The average Bonchev–Trinajstić information content (AvgIpc) is 2.59. The molecule has 2 aliphatic heterocycles. The molecule has 1 atom stereocenters. The van der Waals surface area contributed by atoms with Crippen molar-refractivity contribution in [2.75, 3.05) is 52.9 Å². The van der Waals surface area contributed by atoms with E-state index in [0.717, 1.165) is 31.5 Å². The van der Waals surface area contributed by atoms with Crippen molar-refractivity contribution in [2.45, 2.75) is 52.0 Å². The molecule has 2 fully saturated rings. The van der Waals surface area contributed by atoms with Crippen LogP contribution in [0.15, 0.2) is 4.99 Å². The highest BCUT2D eigenvalue weighted by Crippen LogP contribution is 2.17. The highest BCUT2D eigenvalue weighted by molar-refractivity contribution is 14.0. The van der Waals surface area contributed by atoms with Crippen molar-refractivity contribution in [2.24, 2.45) is 10.9 Å². The Labute approximate surface area is 166 Å². The average molecular weight is 451 g/mol. The van der Waals surface area contributed by atoms with Crippen LogP contribution in [0.1, 0.15) is 46.0 Å². The highest BCUT2D eigenvalue weighted by Gasteiger charge is 2.21. The number of hydrogen-bond donors (Lipinski definition) is 2. The number of aliphatic imine (C=N–C) groups is 1. The summed E-state index contributed by atoms with van der Waals surface area (Å²) in [4.78, 5) is 9.53. The summed E-state index contributed by atoms with van der Waals surface area (Å²) in [5.74, 6) is 1.70. The SMILES string of the molecule is CN=C(NCCN1CCCCC1)NCC1CCCN(C(C)C)C1.I. The first kappa shape index (κ1) is 22.0. The maximum absolute atomic E-state index is 4.37. The molecule has 142 valence electrons. The van der Waals surface area contributed by atoms with Gasteiger partial charge in [0.05, 0.1) is 0 Å². The molecule has 0 aromatic heterocycles. The molecule has 2 saturated heterocycles. The smallest absolute Gasteiger partial charge is 0.191 e. The number of piperidine rings is 2. The van der Waals surface area contributed by atoms with E-state index < -0.39 is 0 Å². The third-order valence-corrected chi connectivity index (χ3v) is 5.23. The second kappa shape index (κ2) is 12.3. The lowest BCUT2D eigenvalue weighted by molar-refractivity contribution is 0.141. The summed E-state index contributed by atoms with van der Waals surface area (Å²) in [7, 11) is 1.87. The van der Waals surface area contributed by atoms with E-state index in [0.29, 0.717) is 6.04 Å². The van der Waals surface area contributed by atoms with Gasteiger partial charge < -0.3 is 20.4 Å². The Kier molecular flexibility index (Phi) is 11.3. The van der Waals surface area contributed by atoms with E-state index in [1.807, 2.05) is 7.05 Å². The number of rotatable bonds is 6. The molecule has 2 heterocycles. The second-order valence-corrected chi connectivity index (χ2v) is 7.38. The van der Waals surface area contributed by atoms with Crippen LogP contribution in [0.5, 0.6) is 0 Å². The molecule has 0 aromatic carbocycles. The molecule has 0 bridgehead atoms. The predicted octanol–water partition coefficient (Wildman–Crippen LogP) is 2.38. The van der Waals surface area contributed by atoms with Crippen molar-refractivity contribution in [3.63, 3.8) is 0 Å². The zero-order valence-corrected chi connectivity index (χ0v) is 18.2. The topological polar surface area (TPSA) is 42.9 Å². The van der Waals surface area contributed by atoms with Gasteiger partial charge >= 0.3 is 0 Å². The number of guanidine groups is 1. The number of hydrogen-bond acceptors (Lipinski definition) is 3. The van der Waals surface area contributed by atoms with Crippen molar-refractivity contribution < 1.29 is 0 Å². The van der Waals surface area contributed by atoms with Crippen LogP contribution in [0.3, 0.4) is 0 Å². The van der Waals surface area contributed by atoms with E-state index in [9.17, 15) is 0 Å². The van der Waals surface area contributed by atoms with Crippen LogP contribution < -0.4 is 10.6 Å². The lowest BCUT2D eigenvalue weighted by Crippen LogP contribution is -2.47. The summed E-state index contributed by atoms with van der Waals surface area (Å²) in [6, 6.07) is 0.666. The number of nitrogens with one attached hydrogen (secondary N) is 2.